The van der Waals surface area contributed by atoms with Gasteiger partial charge in [0.25, 0.3) is 0 Å². The molecular formula is C18H19ClNO2-. The van der Waals surface area contributed by atoms with E-state index in [1.165, 1.54) is 22.3 Å². The molecule has 2 aromatic carbocycles. The number of hydrogen-bond acceptors (Lipinski definition) is 3. The van der Waals surface area contributed by atoms with Gasteiger partial charge in [-0.25, -0.2) is 0 Å². The normalized spacial score (nSPS) is 18.9. The second-order valence-electron chi connectivity index (χ2n) is 5.98. The second-order valence-corrected chi connectivity index (χ2v) is 5.98. The van der Waals surface area contributed by atoms with E-state index in [4.69, 9.17) is 4.74 Å². The molecule has 0 spiro atoms. The molecule has 4 rings (SSSR count). The van der Waals surface area contributed by atoms with Crippen LogP contribution in [-0.4, -0.2) is 30.7 Å². The molecule has 4 heteroatoms. The lowest BCUT2D eigenvalue weighted by Gasteiger charge is -2.39. The smallest absolute Gasteiger partial charge is 0.165 e. The molecule has 22 heavy (non-hydrogen) atoms. The number of ether oxygens (including phenoxy) is 1. The average Bonchev–Trinajstić information content (AvgIpc) is 2.51. The monoisotopic (exact) mass is 316 g/mol. The zero-order chi connectivity index (χ0) is 14.6. The Balaban J connectivity index is 0.00000144. The Hall–Kier alpha value is -1.71. The molecule has 3 nitrogen and oxygen atoms in total. The van der Waals surface area contributed by atoms with Gasteiger partial charge in [0.05, 0.1) is 7.11 Å². The van der Waals surface area contributed by atoms with Crippen LogP contribution in [0.25, 0.3) is 11.1 Å². The van der Waals surface area contributed by atoms with Crippen LogP contribution in [0.2, 0.25) is 0 Å². The van der Waals surface area contributed by atoms with E-state index in [2.05, 4.69) is 36.2 Å². The summed E-state index contributed by atoms with van der Waals surface area (Å²) in [5.41, 5.74) is 6.14. The average molecular weight is 317 g/mol. The maximum absolute atomic E-state index is 10.6. The third-order valence-corrected chi connectivity index (χ3v) is 4.93. The summed E-state index contributed by atoms with van der Waals surface area (Å²) in [6.07, 6.45) is 2.03. The summed E-state index contributed by atoms with van der Waals surface area (Å²) >= 11 is 0. The van der Waals surface area contributed by atoms with Gasteiger partial charge in [0, 0.05) is 18.2 Å². The highest BCUT2D eigenvalue weighted by Crippen LogP contribution is 2.50. The molecule has 0 saturated heterocycles. The van der Waals surface area contributed by atoms with Gasteiger partial charge in [0.15, 0.2) is 11.5 Å². The fourth-order valence-electron chi connectivity index (χ4n) is 3.83. The molecule has 1 atom stereocenters. The molecule has 1 heterocycles. The van der Waals surface area contributed by atoms with Crippen LogP contribution in [0.4, 0.5) is 0 Å². The quantitative estimate of drug-likeness (QED) is 0.813. The molecule has 116 valence electrons. The number of rotatable bonds is 1. The first-order valence-electron chi connectivity index (χ1n) is 7.42. The van der Waals surface area contributed by atoms with E-state index in [1.807, 2.05) is 6.07 Å². The van der Waals surface area contributed by atoms with Gasteiger partial charge in [-0.05, 0) is 48.2 Å². The van der Waals surface area contributed by atoms with Gasteiger partial charge in [-0.15, -0.1) is 0 Å². The number of hydrogen-bond donors (Lipinski definition) is 1. The van der Waals surface area contributed by atoms with Gasteiger partial charge in [-0.1, -0.05) is 24.3 Å². The summed E-state index contributed by atoms with van der Waals surface area (Å²) < 4.78 is 5.28. The minimum atomic E-state index is 0. The molecule has 0 fully saturated rings. The Labute approximate surface area is 136 Å². The van der Waals surface area contributed by atoms with Gasteiger partial charge in [0.1, 0.15) is 0 Å². The zero-order valence-electron chi connectivity index (χ0n) is 12.8. The molecule has 0 saturated carbocycles. The van der Waals surface area contributed by atoms with Crippen molar-refractivity contribution in [2.45, 2.75) is 18.9 Å². The number of likely N-dealkylation sites (N-methyl/N-ethyl adjacent to an activating group) is 1. The SMILES string of the molecule is COc1ccc2c(c1O)-c1cccc3c1C(C2)N(C)CC3.[Cl-]. The first-order valence-corrected chi connectivity index (χ1v) is 7.42. The number of aromatic hydroxyl groups is 1. The summed E-state index contributed by atoms with van der Waals surface area (Å²) in [6.45, 7) is 1.10. The second kappa shape index (κ2) is 5.49. The van der Waals surface area contributed by atoms with Gasteiger partial charge in [-0.3, -0.25) is 4.90 Å². The fourth-order valence-corrected chi connectivity index (χ4v) is 3.83. The molecule has 2 aromatic rings. The molecule has 1 N–H and O–H groups in total. The summed E-state index contributed by atoms with van der Waals surface area (Å²) in [5, 5.41) is 10.6. The zero-order valence-corrected chi connectivity index (χ0v) is 13.5. The van der Waals surface area contributed by atoms with Crippen molar-refractivity contribution >= 4 is 0 Å². The van der Waals surface area contributed by atoms with Crippen LogP contribution in [0.5, 0.6) is 11.5 Å². The van der Waals surface area contributed by atoms with E-state index in [-0.39, 0.29) is 18.2 Å². The first-order chi connectivity index (χ1) is 10.2. The van der Waals surface area contributed by atoms with Crippen molar-refractivity contribution in [2.75, 3.05) is 20.7 Å². The van der Waals surface area contributed by atoms with Crippen LogP contribution in [0.1, 0.15) is 22.7 Å². The lowest BCUT2D eigenvalue weighted by atomic mass is 9.77. The maximum Gasteiger partial charge on any atom is 0.165 e. The third-order valence-electron chi connectivity index (χ3n) is 4.93. The van der Waals surface area contributed by atoms with Crippen molar-refractivity contribution in [3.8, 4) is 22.6 Å². The number of phenolic OH excluding ortho intramolecular Hbond substituents is 1. The van der Waals surface area contributed by atoms with Crippen molar-refractivity contribution in [3.05, 3.63) is 47.0 Å². The standard InChI is InChI=1S/C18H19NO2.ClH/c1-19-9-8-11-4-3-5-13-16(11)14(19)10-12-6-7-15(21-2)18(20)17(12)13;/h3-7,14,20H,8-10H2,1-2H3;1H/p-1. The lowest BCUT2D eigenvalue weighted by molar-refractivity contribution is -0.00000535. The van der Waals surface area contributed by atoms with Crippen molar-refractivity contribution in [3.63, 3.8) is 0 Å². The first kappa shape index (κ1) is 15.2. The Kier molecular flexibility index (Phi) is 3.79. The van der Waals surface area contributed by atoms with Crippen LogP contribution < -0.4 is 17.1 Å². The van der Waals surface area contributed by atoms with Crippen molar-refractivity contribution in [1.29, 1.82) is 0 Å². The highest BCUT2D eigenvalue weighted by atomic mass is 35.5. The van der Waals surface area contributed by atoms with Crippen LogP contribution in [0, 0.1) is 0 Å². The van der Waals surface area contributed by atoms with Gasteiger partial charge in [0.2, 0.25) is 0 Å². The predicted molar refractivity (Wildman–Crippen MR) is 82.9 cm³/mol. The van der Waals surface area contributed by atoms with E-state index >= 15 is 0 Å². The predicted octanol–water partition coefficient (Wildman–Crippen LogP) is 0.157. The highest BCUT2D eigenvalue weighted by Gasteiger charge is 2.34. The van der Waals surface area contributed by atoms with E-state index < -0.39 is 0 Å². The number of halogens is 1. The summed E-state index contributed by atoms with van der Waals surface area (Å²) in [7, 11) is 3.79. The molecule has 0 radical (unpaired) electrons. The van der Waals surface area contributed by atoms with Crippen LogP contribution in [-0.2, 0) is 12.8 Å². The Morgan fingerprint density at radius 3 is 2.77 bits per heavy atom. The molecule has 1 unspecified atom stereocenters. The van der Waals surface area contributed by atoms with Gasteiger partial charge >= 0.3 is 0 Å². The third kappa shape index (κ3) is 2.00. The lowest BCUT2D eigenvalue weighted by Crippen LogP contribution is -3.00. The maximum atomic E-state index is 10.6. The number of nitrogens with zero attached hydrogens (tertiary/aromatic N) is 1. The van der Waals surface area contributed by atoms with Crippen LogP contribution in [0.15, 0.2) is 30.3 Å². The van der Waals surface area contributed by atoms with E-state index in [0.717, 1.165) is 24.9 Å². The molecule has 2 aliphatic rings. The summed E-state index contributed by atoms with van der Waals surface area (Å²) in [5.74, 6) is 0.823. The molecule has 0 bridgehead atoms. The Morgan fingerprint density at radius 2 is 2.00 bits per heavy atom. The minimum Gasteiger partial charge on any atom is -1.00 e. The van der Waals surface area contributed by atoms with E-state index in [1.54, 1.807) is 7.11 Å². The number of benzene rings is 2. The molecule has 1 aliphatic carbocycles. The van der Waals surface area contributed by atoms with E-state index in [9.17, 15) is 5.11 Å². The minimum absolute atomic E-state index is 0. The molecule has 0 aromatic heterocycles. The van der Waals surface area contributed by atoms with Crippen LogP contribution in [0.3, 0.4) is 0 Å². The largest absolute Gasteiger partial charge is 1.00 e. The van der Waals surface area contributed by atoms with Crippen molar-refractivity contribution < 1.29 is 22.3 Å². The van der Waals surface area contributed by atoms with Crippen molar-refractivity contribution in [2.24, 2.45) is 0 Å². The van der Waals surface area contributed by atoms with Crippen molar-refractivity contribution in [1.82, 2.24) is 4.90 Å². The van der Waals surface area contributed by atoms with Gasteiger partial charge in [-0.2, -0.15) is 0 Å². The summed E-state index contributed by atoms with van der Waals surface area (Å²) in [6, 6.07) is 10.8. The molecule has 1 aliphatic heterocycles. The Bertz CT molecular complexity index is 729. The van der Waals surface area contributed by atoms with E-state index in [0.29, 0.717) is 11.8 Å². The molecule has 0 amide bonds. The highest BCUT2D eigenvalue weighted by molar-refractivity contribution is 5.82. The Morgan fingerprint density at radius 1 is 1.18 bits per heavy atom. The number of fused-ring (bicyclic) bond motifs is 2. The fraction of sp³-hybridized carbons (Fsp3) is 0.333. The number of methoxy groups -OCH3 is 1. The topological polar surface area (TPSA) is 32.7 Å². The number of phenols is 1. The van der Waals surface area contributed by atoms with Gasteiger partial charge < -0.3 is 22.3 Å². The summed E-state index contributed by atoms with van der Waals surface area (Å²) in [4.78, 5) is 2.43. The van der Waals surface area contributed by atoms with Crippen LogP contribution >= 0.6 is 0 Å². The molecular weight excluding hydrogens is 298 g/mol.